The third-order valence-electron chi connectivity index (χ3n) is 5.93. The van der Waals surface area contributed by atoms with Gasteiger partial charge in [-0.3, -0.25) is 9.59 Å². The molecule has 7 heteroatoms. The van der Waals surface area contributed by atoms with E-state index in [9.17, 15) is 9.59 Å². The van der Waals surface area contributed by atoms with Crippen molar-refractivity contribution in [3.8, 4) is 0 Å². The van der Waals surface area contributed by atoms with Gasteiger partial charge < -0.3 is 10.2 Å². The van der Waals surface area contributed by atoms with Gasteiger partial charge in [0.1, 0.15) is 6.04 Å². The molecule has 0 saturated heterocycles. The second kappa shape index (κ2) is 13.0. The lowest BCUT2D eigenvalue weighted by atomic mass is 10.0. The molecule has 3 rings (SSSR count). The molecule has 35 heavy (non-hydrogen) atoms. The van der Waals surface area contributed by atoms with Gasteiger partial charge in [-0.25, -0.2) is 0 Å². The average Bonchev–Trinajstić information content (AvgIpc) is 2.84. The third kappa shape index (κ3) is 7.73. The molecular formula is C28H29Cl3N2O2. The minimum absolute atomic E-state index is 0.0243. The number of carbonyl (C=O) groups is 2. The Morgan fingerprint density at radius 3 is 2.23 bits per heavy atom. The second-order valence-electron chi connectivity index (χ2n) is 8.55. The predicted octanol–water partition coefficient (Wildman–Crippen LogP) is 6.74. The second-order valence-corrected chi connectivity index (χ2v) is 9.80. The smallest absolute Gasteiger partial charge is 0.243 e. The van der Waals surface area contributed by atoms with Gasteiger partial charge in [-0.05, 0) is 48.2 Å². The number of amides is 2. The Labute approximate surface area is 222 Å². The molecule has 0 unspecified atom stereocenters. The van der Waals surface area contributed by atoms with Crippen molar-refractivity contribution in [2.45, 2.75) is 51.7 Å². The van der Waals surface area contributed by atoms with Crippen LogP contribution in [0.25, 0.3) is 0 Å². The summed E-state index contributed by atoms with van der Waals surface area (Å²) in [5.74, 6) is -0.430. The molecule has 3 aromatic rings. The molecule has 3 aromatic carbocycles. The van der Waals surface area contributed by atoms with E-state index in [0.29, 0.717) is 27.1 Å². The number of nitrogens with zero attached hydrogens (tertiary/aromatic N) is 1. The van der Waals surface area contributed by atoms with Gasteiger partial charge in [-0.1, -0.05) is 96.3 Å². The van der Waals surface area contributed by atoms with E-state index in [1.807, 2.05) is 62.4 Å². The number of hydrogen-bond acceptors (Lipinski definition) is 2. The van der Waals surface area contributed by atoms with Crippen molar-refractivity contribution in [2.24, 2.45) is 0 Å². The fraction of sp³-hybridized carbons (Fsp3) is 0.286. The number of nitrogens with one attached hydrogen (secondary N) is 1. The minimum Gasteiger partial charge on any atom is -0.352 e. The van der Waals surface area contributed by atoms with E-state index >= 15 is 0 Å². The van der Waals surface area contributed by atoms with E-state index in [0.717, 1.165) is 17.5 Å². The van der Waals surface area contributed by atoms with Crippen LogP contribution in [0.15, 0.2) is 72.8 Å². The lowest BCUT2D eigenvalue weighted by Gasteiger charge is -2.32. The van der Waals surface area contributed by atoms with Gasteiger partial charge in [0, 0.05) is 34.1 Å². The van der Waals surface area contributed by atoms with E-state index in [2.05, 4.69) is 5.32 Å². The van der Waals surface area contributed by atoms with Crippen LogP contribution in [0.1, 0.15) is 37.0 Å². The molecule has 0 aromatic heterocycles. The molecule has 0 fully saturated rings. The van der Waals surface area contributed by atoms with Crippen molar-refractivity contribution in [1.82, 2.24) is 10.2 Å². The largest absolute Gasteiger partial charge is 0.352 e. The first-order valence-electron chi connectivity index (χ1n) is 11.6. The van der Waals surface area contributed by atoms with Crippen LogP contribution in [0.3, 0.4) is 0 Å². The van der Waals surface area contributed by atoms with Crippen molar-refractivity contribution in [1.29, 1.82) is 0 Å². The molecule has 0 radical (unpaired) electrons. The topological polar surface area (TPSA) is 49.4 Å². The predicted molar refractivity (Wildman–Crippen MR) is 144 cm³/mol. The lowest BCUT2D eigenvalue weighted by Crippen LogP contribution is -2.52. The SMILES string of the molecule is CC[C@@H](C)NC(=O)[C@H](Cc1ccccc1)N(Cc1ccccc1Cl)C(=O)Cc1ccc(Cl)cc1Cl. The van der Waals surface area contributed by atoms with Gasteiger partial charge in [-0.15, -0.1) is 0 Å². The summed E-state index contributed by atoms with van der Waals surface area (Å²) < 4.78 is 0. The normalized spacial score (nSPS) is 12.6. The Hall–Kier alpha value is -2.53. The molecular weight excluding hydrogens is 503 g/mol. The fourth-order valence-electron chi connectivity index (χ4n) is 3.73. The highest BCUT2D eigenvalue weighted by Crippen LogP contribution is 2.25. The van der Waals surface area contributed by atoms with Crippen molar-refractivity contribution in [2.75, 3.05) is 0 Å². The first-order chi connectivity index (χ1) is 16.8. The van der Waals surface area contributed by atoms with Crippen LogP contribution >= 0.6 is 34.8 Å². The zero-order valence-electron chi connectivity index (χ0n) is 19.8. The highest BCUT2D eigenvalue weighted by Gasteiger charge is 2.31. The van der Waals surface area contributed by atoms with Crippen LogP contribution in [-0.2, 0) is 29.0 Å². The summed E-state index contributed by atoms with van der Waals surface area (Å²) in [6.45, 7) is 4.15. The number of hydrogen-bond donors (Lipinski definition) is 1. The third-order valence-corrected chi connectivity index (χ3v) is 6.88. The summed E-state index contributed by atoms with van der Waals surface area (Å²) in [6, 6.07) is 21.3. The van der Waals surface area contributed by atoms with E-state index in [-0.39, 0.29) is 30.8 Å². The standard InChI is InChI=1S/C28H29Cl3N2O2/c1-3-19(2)32-28(35)26(15-20-9-5-4-6-10-20)33(18-22-11-7-8-12-24(22)30)27(34)16-21-13-14-23(29)17-25(21)31/h4-14,17,19,26H,3,15-16,18H2,1-2H3,(H,32,35)/t19-,26+/m1/s1. The maximum atomic E-state index is 13.8. The van der Waals surface area contributed by atoms with Gasteiger partial charge in [0.25, 0.3) is 0 Å². The zero-order chi connectivity index (χ0) is 25.4. The number of carbonyl (C=O) groups excluding carboxylic acids is 2. The summed E-state index contributed by atoms with van der Waals surface area (Å²) in [6.07, 6.45) is 1.18. The lowest BCUT2D eigenvalue weighted by molar-refractivity contribution is -0.141. The number of benzene rings is 3. The molecule has 1 N–H and O–H groups in total. The summed E-state index contributed by atoms with van der Waals surface area (Å²) in [5, 5.41) is 4.50. The van der Waals surface area contributed by atoms with Crippen LogP contribution in [0.2, 0.25) is 15.1 Å². The highest BCUT2D eigenvalue weighted by atomic mass is 35.5. The molecule has 0 saturated carbocycles. The average molecular weight is 532 g/mol. The first kappa shape index (κ1) is 27.1. The van der Waals surface area contributed by atoms with Crippen LogP contribution in [0, 0.1) is 0 Å². The molecule has 0 spiro atoms. The van der Waals surface area contributed by atoms with Crippen LogP contribution < -0.4 is 5.32 Å². The minimum atomic E-state index is -0.735. The van der Waals surface area contributed by atoms with E-state index in [1.54, 1.807) is 29.2 Å². The van der Waals surface area contributed by atoms with Crippen LogP contribution in [-0.4, -0.2) is 28.8 Å². The molecule has 0 heterocycles. The van der Waals surface area contributed by atoms with Gasteiger partial charge >= 0.3 is 0 Å². The Bertz CT molecular complexity index is 1150. The van der Waals surface area contributed by atoms with E-state index in [4.69, 9.17) is 34.8 Å². The van der Waals surface area contributed by atoms with Gasteiger partial charge in [0.2, 0.25) is 11.8 Å². The molecule has 4 nitrogen and oxygen atoms in total. The van der Waals surface area contributed by atoms with E-state index < -0.39 is 6.04 Å². The van der Waals surface area contributed by atoms with Crippen molar-refractivity contribution in [3.05, 3.63) is 105 Å². The van der Waals surface area contributed by atoms with Gasteiger partial charge in [0.05, 0.1) is 6.42 Å². The maximum absolute atomic E-state index is 13.8. The van der Waals surface area contributed by atoms with Gasteiger partial charge in [0.15, 0.2) is 0 Å². The van der Waals surface area contributed by atoms with Crippen molar-refractivity contribution < 1.29 is 9.59 Å². The Kier molecular flexibility index (Phi) is 10.0. The summed E-state index contributed by atoms with van der Waals surface area (Å²) in [4.78, 5) is 28.9. The van der Waals surface area contributed by atoms with Crippen LogP contribution in [0.4, 0.5) is 0 Å². The van der Waals surface area contributed by atoms with Crippen molar-refractivity contribution in [3.63, 3.8) is 0 Å². The Morgan fingerprint density at radius 1 is 0.886 bits per heavy atom. The number of rotatable bonds is 10. The monoisotopic (exact) mass is 530 g/mol. The molecule has 0 aliphatic carbocycles. The first-order valence-corrected chi connectivity index (χ1v) is 12.7. The highest BCUT2D eigenvalue weighted by molar-refractivity contribution is 6.35. The molecule has 2 atom stereocenters. The molecule has 0 bridgehead atoms. The Balaban J connectivity index is 2.00. The van der Waals surface area contributed by atoms with E-state index in [1.165, 1.54) is 0 Å². The maximum Gasteiger partial charge on any atom is 0.243 e. The molecule has 2 amide bonds. The fourth-order valence-corrected chi connectivity index (χ4v) is 4.41. The summed E-state index contributed by atoms with van der Waals surface area (Å²) in [5.41, 5.74) is 2.36. The van der Waals surface area contributed by atoms with Crippen molar-refractivity contribution >= 4 is 46.6 Å². The quantitative estimate of drug-likeness (QED) is 0.315. The zero-order valence-corrected chi connectivity index (χ0v) is 22.1. The Morgan fingerprint density at radius 2 is 1.57 bits per heavy atom. The molecule has 184 valence electrons. The molecule has 0 aliphatic heterocycles. The summed E-state index contributed by atoms with van der Waals surface area (Å²) >= 11 is 18.9. The van der Waals surface area contributed by atoms with Gasteiger partial charge in [-0.2, -0.15) is 0 Å². The van der Waals surface area contributed by atoms with Crippen LogP contribution in [0.5, 0.6) is 0 Å². The number of halogens is 3. The molecule has 0 aliphatic rings. The summed E-state index contributed by atoms with van der Waals surface area (Å²) in [7, 11) is 0.